The first-order valence-electron chi connectivity index (χ1n) is 11.3. The van der Waals surface area contributed by atoms with E-state index in [2.05, 4.69) is 22.4 Å². The van der Waals surface area contributed by atoms with Gasteiger partial charge < -0.3 is 15.0 Å². The number of methoxy groups -OCH3 is 1. The lowest BCUT2D eigenvalue weighted by Gasteiger charge is -2.32. The van der Waals surface area contributed by atoms with Crippen LogP contribution >= 0.6 is 11.3 Å². The van der Waals surface area contributed by atoms with Gasteiger partial charge in [-0.05, 0) is 24.5 Å². The quantitative estimate of drug-likeness (QED) is 0.554. The Labute approximate surface area is 198 Å². The largest absolute Gasteiger partial charge is 0.496 e. The zero-order valence-electron chi connectivity index (χ0n) is 18.8. The van der Waals surface area contributed by atoms with Crippen LogP contribution in [0.4, 0.5) is 0 Å². The molecule has 2 heterocycles. The SMILES string of the molecule is COc1ccccc1CC(=O)N1CCC(NC(=O)Cc2csc(Cc3ccccc3)n2)CC1. The van der Waals surface area contributed by atoms with Crippen LogP contribution in [0.3, 0.4) is 0 Å². The van der Waals surface area contributed by atoms with Crippen molar-refractivity contribution in [3.8, 4) is 5.75 Å². The molecule has 1 aliphatic rings. The summed E-state index contributed by atoms with van der Waals surface area (Å²) in [6, 6.07) is 17.9. The van der Waals surface area contributed by atoms with Crippen molar-refractivity contribution in [1.82, 2.24) is 15.2 Å². The van der Waals surface area contributed by atoms with Gasteiger partial charge in [-0.3, -0.25) is 9.59 Å². The minimum atomic E-state index is -0.00893. The molecule has 6 nitrogen and oxygen atoms in total. The lowest BCUT2D eigenvalue weighted by molar-refractivity contribution is -0.131. The maximum Gasteiger partial charge on any atom is 0.227 e. The maximum absolute atomic E-state index is 12.7. The van der Waals surface area contributed by atoms with E-state index in [-0.39, 0.29) is 24.3 Å². The Hall–Kier alpha value is -3.19. The number of nitrogens with one attached hydrogen (secondary N) is 1. The van der Waals surface area contributed by atoms with Gasteiger partial charge in [0.1, 0.15) is 5.75 Å². The molecule has 7 heteroatoms. The Morgan fingerprint density at radius 2 is 1.79 bits per heavy atom. The number of likely N-dealkylation sites (tertiary alicyclic amines) is 1. The smallest absolute Gasteiger partial charge is 0.227 e. The molecule has 1 aromatic heterocycles. The van der Waals surface area contributed by atoms with Gasteiger partial charge >= 0.3 is 0 Å². The van der Waals surface area contributed by atoms with Crippen molar-refractivity contribution in [2.75, 3.05) is 20.2 Å². The second kappa shape index (κ2) is 11.1. The van der Waals surface area contributed by atoms with E-state index in [0.29, 0.717) is 19.5 Å². The molecule has 1 aliphatic heterocycles. The number of carbonyl (C=O) groups excluding carboxylic acids is 2. The number of amides is 2. The van der Waals surface area contributed by atoms with Gasteiger partial charge in [0.2, 0.25) is 11.8 Å². The van der Waals surface area contributed by atoms with Crippen LogP contribution in [-0.2, 0) is 28.9 Å². The summed E-state index contributed by atoms with van der Waals surface area (Å²) >= 11 is 1.59. The normalized spacial score (nSPS) is 14.2. The van der Waals surface area contributed by atoms with E-state index in [9.17, 15) is 9.59 Å². The average molecular weight is 464 g/mol. The topological polar surface area (TPSA) is 71.5 Å². The Balaban J connectivity index is 1.21. The summed E-state index contributed by atoms with van der Waals surface area (Å²) in [5, 5.41) is 6.11. The summed E-state index contributed by atoms with van der Waals surface area (Å²) in [6.45, 7) is 1.30. The van der Waals surface area contributed by atoms with Crippen molar-refractivity contribution in [3.63, 3.8) is 0 Å². The summed E-state index contributed by atoms with van der Waals surface area (Å²) in [5.41, 5.74) is 2.93. The van der Waals surface area contributed by atoms with Crippen molar-refractivity contribution >= 4 is 23.2 Å². The number of benzene rings is 2. The highest BCUT2D eigenvalue weighted by Crippen LogP contribution is 2.20. The molecule has 0 bridgehead atoms. The maximum atomic E-state index is 12.7. The zero-order valence-corrected chi connectivity index (χ0v) is 19.6. The zero-order chi connectivity index (χ0) is 23.0. The summed E-state index contributed by atoms with van der Waals surface area (Å²) in [6.07, 6.45) is 2.93. The number of rotatable bonds is 8. The van der Waals surface area contributed by atoms with E-state index in [4.69, 9.17) is 4.74 Å². The highest BCUT2D eigenvalue weighted by Gasteiger charge is 2.24. The minimum Gasteiger partial charge on any atom is -0.496 e. The van der Waals surface area contributed by atoms with Crippen LogP contribution < -0.4 is 10.1 Å². The van der Waals surface area contributed by atoms with Crippen LogP contribution in [-0.4, -0.2) is 47.9 Å². The fourth-order valence-corrected chi connectivity index (χ4v) is 4.95. The van der Waals surface area contributed by atoms with Crippen LogP contribution in [0.25, 0.3) is 0 Å². The summed E-state index contributed by atoms with van der Waals surface area (Å²) in [5.74, 6) is 0.824. The third kappa shape index (κ3) is 6.42. The molecule has 172 valence electrons. The van der Waals surface area contributed by atoms with Crippen LogP contribution in [0.15, 0.2) is 60.0 Å². The van der Waals surface area contributed by atoms with Crippen molar-refractivity contribution in [1.29, 1.82) is 0 Å². The molecule has 0 saturated carbocycles. The molecule has 0 aliphatic carbocycles. The fourth-order valence-electron chi connectivity index (χ4n) is 4.12. The van der Waals surface area contributed by atoms with Crippen LogP contribution in [0.2, 0.25) is 0 Å². The third-order valence-electron chi connectivity index (χ3n) is 5.89. The van der Waals surface area contributed by atoms with Crippen LogP contribution in [0, 0.1) is 0 Å². The standard InChI is InChI=1S/C26H29N3O3S/c1-32-23-10-6-5-9-20(23)16-26(31)29-13-11-21(12-14-29)27-24(30)17-22-18-33-25(28-22)15-19-7-3-2-4-8-19/h2-10,18,21H,11-17H2,1H3,(H,27,30). The number of nitrogens with zero attached hydrogens (tertiary/aromatic N) is 2. The lowest BCUT2D eigenvalue weighted by Crippen LogP contribution is -2.47. The monoisotopic (exact) mass is 463 g/mol. The Morgan fingerprint density at radius 3 is 2.55 bits per heavy atom. The molecule has 1 N–H and O–H groups in total. The summed E-state index contributed by atoms with van der Waals surface area (Å²) in [7, 11) is 1.62. The lowest BCUT2D eigenvalue weighted by atomic mass is 10.0. The molecule has 1 fully saturated rings. The predicted octanol–water partition coefficient (Wildman–Crippen LogP) is 3.63. The van der Waals surface area contributed by atoms with E-state index in [1.807, 2.05) is 52.7 Å². The number of aromatic nitrogens is 1. The number of piperidine rings is 1. The van der Waals surface area contributed by atoms with E-state index in [0.717, 1.165) is 41.3 Å². The highest BCUT2D eigenvalue weighted by molar-refractivity contribution is 7.09. The van der Waals surface area contributed by atoms with E-state index in [1.165, 1.54) is 5.56 Å². The molecular formula is C26H29N3O3S. The summed E-state index contributed by atoms with van der Waals surface area (Å²) in [4.78, 5) is 31.8. The van der Waals surface area contributed by atoms with E-state index < -0.39 is 0 Å². The van der Waals surface area contributed by atoms with Gasteiger partial charge in [-0.1, -0.05) is 48.5 Å². The van der Waals surface area contributed by atoms with Crippen molar-refractivity contribution in [2.24, 2.45) is 0 Å². The Bertz CT molecular complexity index is 1080. The molecule has 2 aromatic carbocycles. The molecule has 2 amide bonds. The van der Waals surface area contributed by atoms with Crippen LogP contribution in [0.5, 0.6) is 5.75 Å². The van der Waals surface area contributed by atoms with Gasteiger partial charge in [0.25, 0.3) is 0 Å². The molecular weight excluding hydrogens is 434 g/mol. The Morgan fingerprint density at radius 1 is 1.06 bits per heavy atom. The van der Waals surface area contributed by atoms with E-state index >= 15 is 0 Å². The number of ether oxygens (including phenoxy) is 1. The number of carbonyl (C=O) groups is 2. The summed E-state index contributed by atoms with van der Waals surface area (Å²) < 4.78 is 5.35. The minimum absolute atomic E-state index is 0.00893. The highest BCUT2D eigenvalue weighted by atomic mass is 32.1. The average Bonchev–Trinajstić information content (AvgIpc) is 3.26. The molecule has 0 spiro atoms. The van der Waals surface area contributed by atoms with Gasteiger partial charge in [0, 0.05) is 36.5 Å². The second-order valence-electron chi connectivity index (χ2n) is 8.28. The molecule has 0 unspecified atom stereocenters. The first-order valence-corrected chi connectivity index (χ1v) is 12.1. The number of hydrogen-bond acceptors (Lipinski definition) is 5. The fraction of sp³-hybridized carbons (Fsp3) is 0.346. The molecule has 4 rings (SSSR count). The Kier molecular flexibility index (Phi) is 7.73. The van der Waals surface area contributed by atoms with Gasteiger partial charge in [-0.15, -0.1) is 11.3 Å². The predicted molar refractivity (Wildman–Crippen MR) is 130 cm³/mol. The molecule has 3 aromatic rings. The second-order valence-corrected chi connectivity index (χ2v) is 9.23. The van der Waals surface area contributed by atoms with Gasteiger partial charge in [-0.25, -0.2) is 4.98 Å². The van der Waals surface area contributed by atoms with E-state index in [1.54, 1.807) is 18.4 Å². The third-order valence-corrected chi connectivity index (χ3v) is 6.78. The van der Waals surface area contributed by atoms with Crippen molar-refractivity contribution in [3.05, 3.63) is 81.8 Å². The van der Waals surface area contributed by atoms with Gasteiger partial charge in [0.05, 0.1) is 30.7 Å². The number of para-hydroxylation sites is 1. The first-order chi connectivity index (χ1) is 16.1. The molecule has 1 saturated heterocycles. The first kappa shape index (κ1) is 23.0. The molecule has 33 heavy (non-hydrogen) atoms. The van der Waals surface area contributed by atoms with Gasteiger partial charge in [-0.2, -0.15) is 0 Å². The molecule has 0 atom stereocenters. The van der Waals surface area contributed by atoms with Gasteiger partial charge in [0.15, 0.2) is 0 Å². The number of hydrogen-bond donors (Lipinski definition) is 1. The number of thiazole rings is 1. The van der Waals surface area contributed by atoms with Crippen LogP contribution in [0.1, 0.15) is 34.7 Å². The van der Waals surface area contributed by atoms with Crippen molar-refractivity contribution < 1.29 is 14.3 Å². The molecule has 0 radical (unpaired) electrons. The van der Waals surface area contributed by atoms with Crippen molar-refractivity contribution in [2.45, 2.75) is 38.1 Å².